The predicted octanol–water partition coefficient (Wildman–Crippen LogP) is 5.66. The Balaban J connectivity index is 1.82. The molecule has 0 aliphatic heterocycles. The number of carbonyl (C=O) groups is 2. The maximum absolute atomic E-state index is 12.6. The standard InChI is InChI=1S/C21H14Br2O5/c1-26-19-11-2-13(20(24)27-16-7-3-14(22)4-8-16)12-18(19)21(25)28-17-9-5-15(23)6-10-17/h2-12H,1H3. The molecule has 0 N–H and O–H groups in total. The lowest BCUT2D eigenvalue weighted by atomic mass is 10.1. The molecule has 0 saturated heterocycles. The monoisotopic (exact) mass is 504 g/mol. The smallest absolute Gasteiger partial charge is 0.347 e. The minimum atomic E-state index is -0.641. The minimum Gasteiger partial charge on any atom is -0.496 e. The molecule has 0 spiro atoms. The Kier molecular flexibility index (Phi) is 6.49. The molecular weight excluding hydrogens is 492 g/mol. The van der Waals surface area contributed by atoms with Crippen molar-refractivity contribution in [1.82, 2.24) is 0 Å². The van der Waals surface area contributed by atoms with Gasteiger partial charge in [-0.25, -0.2) is 9.59 Å². The third kappa shape index (κ3) is 4.99. The van der Waals surface area contributed by atoms with Crippen molar-refractivity contribution in [3.8, 4) is 17.2 Å². The summed E-state index contributed by atoms with van der Waals surface area (Å²) in [5.74, 6) is -0.177. The van der Waals surface area contributed by atoms with Crippen LogP contribution < -0.4 is 14.2 Å². The van der Waals surface area contributed by atoms with Crippen molar-refractivity contribution >= 4 is 43.8 Å². The van der Waals surface area contributed by atoms with Gasteiger partial charge in [0, 0.05) is 8.95 Å². The fourth-order valence-corrected chi connectivity index (χ4v) is 2.86. The van der Waals surface area contributed by atoms with Crippen LogP contribution in [-0.4, -0.2) is 19.0 Å². The summed E-state index contributed by atoms with van der Waals surface area (Å²) in [7, 11) is 1.44. The number of carbonyl (C=O) groups excluding carboxylic acids is 2. The summed E-state index contributed by atoms with van der Waals surface area (Å²) in [6.45, 7) is 0. The zero-order chi connectivity index (χ0) is 20.1. The van der Waals surface area contributed by atoms with Crippen molar-refractivity contribution in [3.05, 3.63) is 86.8 Å². The van der Waals surface area contributed by atoms with Crippen LogP contribution in [0, 0.1) is 0 Å². The highest BCUT2D eigenvalue weighted by Gasteiger charge is 2.19. The van der Waals surface area contributed by atoms with Gasteiger partial charge in [-0.3, -0.25) is 0 Å². The van der Waals surface area contributed by atoms with E-state index in [9.17, 15) is 9.59 Å². The Bertz CT molecular complexity index is 998. The van der Waals surface area contributed by atoms with E-state index in [2.05, 4.69) is 31.9 Å². The molecule has 0 aliphatic carbocycles. The van der Waals surface area contributed by atoms with E-state index in [1.54, 1.807) is 48.5 Å². The van der Waals surface area contributed by atoms with Crippen LogP contribution in [0.2, 0.25) is 0 Å². The number of halogens is 2. The third-order valence-corrected chi connectivity index (χ3v) is 4.76. The topological polar surface area (TPSA) is 61.8 Å². The summed E-state index contributed by atoms with van der Waals surface area (Å²) in [5, 5.41) is 0. The van der Waals surface area contributed by atoms with Gasteiger partial charge in [-0.1, -0.05) is 31.9 Å². The largest absolute Gasteiger partial charge is 0.496 e. The van der Waals surface area contributed by atoms with Gasteiger partial charge in [-0.05, 0) is 66.7 Å². The van der Waals surface area contributed by atoms with Crippen LogP contribution in [0.4, 0.5) is 0 Å². The fraction of sp³-hybridized carbons (Fsp3) is 0.0476. The molecule has 3 rings (SSSR count). The van der Waals surface area contributed by atoms with E-state index < -0.39 is 11.9 Å². The molecule has 0 aliphatic rings. The normalized spacial score (nSPS) is 10.2. The maximum atomic E-state index is 12.6. The highest BCUT2D eigenvalue weighted by Crippen LogP contribution is 2.24. The van der Waals surface area contributed by atoms with Crippen LogP contribution in [0.15, 0.2) is 75.7 Å². The zero-order valence-corrected chi connectivity index (χ0v) is 17.8. The van der Waals surface area contributed by atoms with Crippen molar-refractivity contribution in [2.75, 3.05) is 7.11 Å². The fourth-order valence-electron chi connectivity index (χ4n) is 2.33. The molecule has 0 amide bonds. The van der Waals surface area contributed by atoms with Crippen LogP contribution in [-0.2, 0) is 0 Å². The Morgan fingerprint density at radius 1 is 0.714 bits per heavy atom. The number of benzene rings is 3. The van der Waals surface area contributed by atoms with Gasteiger partial charge in [0.2, 0.25) is 0 Å². The lowest BCUT2D eigenvalue weighted by Gasteiger charge is -2.11. The first-order valence-corrected chi connectivity index (χ1v) is 9.68. The zero-order valence-electron chi connectivity index (χ0n) is 14.6. The van der Waals surface area contributed by atoms with E-state index >= 15 is 0 Å². The second kappa shape index (κ2) is 9.03. The molecule has 0 unspecified atom stereocenters. The van der Waals surface area contributed by atoms with Crippen molar-refractivity contribution in [2.45, 2.75) is 0 Å². The number of methoxy groups -OCH3 is 1. The quantitative estimate of drug-likeness (QED) is 0.331. The van der Waals surface area contributed by atoms with Crippen molar-refractivity contribution in [3.63, 3.8) is 0 Å². The van der Waals surface area contributed by atoms with Crippen LogP contribution in [0.3, 0.4) is 0 Å². The van der Waals surface area contributed by atoms with Gasteiger partial charge >= 0.3 is 11.9 Å². The lowest BCUT2D eigenvalue weighted by Crippen LogP contribution is -2.14. The lowest BCUT2D eigenvalue weighted by molar-refractivity contribution is 0.0731. The summed E-state index contributed by atoms with van der Waals surface area (Å²) in [6, 6.07) is 18.1. The Hall–Kier alpha value is -2.64. The average molecular weight is 506 g/mol. The molecule has 3 aromatic carbocycles. The minimum absolute atomic E-state index is 0.121. The average Bonchev–Trinajstić information content (AvgIpc) is 2.70. The van der Waals surface area contributed by atoms with Gasteiger partial charge in [-0.2, -0.15) is 0 Å². The first-order chi connectivity index (χ1) is 13.5. The summed E-state index contributed by atoms with van der Waals surface area (Å²) in [4.78, 5) is 25.0. The molecule has 0 radical (unpaired) electrons. The number of hydrogen-bond donors (Lipinski definition) is 0. The second-order valence-corrected chi connectivity index (χ2v) is 7.43. The SMILES string of the molecule is COc1ccc(C(=O)Oc2ccc(Br)cc2)cc1C(=O)Oc1ccc(Br)cc1. The first-order valence-electron chi connectivity index (χ1n) is 8.10. The van der Waals surface area contributed by atoms with Crippen molar-refractivity contribution in [2.24, 2.45) is 0 Å². The Morgan fingerprint density at radius 2 is 1.21 bits per heavy atom. The summed E-state index contributed by atoms with van der Waals surface area (Å²) in [5.41, 5.74) is 0.321. The van der Waals surface area contributed by atoms with Crippen LogP contribution in [0.5, 0.6) is 17.2 Å². The van der Waals surface area contributed by atoms with Gasteiger partial charge in [0.1, 0.15) is 22.8 Å². The van der Waals surface area contributed by atoms with Crippen molar-refractivity contribution in [1.29, 1.82) is 0 Å². The third-order valence-electron chi connectivity index (χ3n) is 3.70. The van der Waals surface area contributed by atoms with Gasteiger partial charge in [0.05, 0.1) is 12.7 Å². The van der Waals surface area contributed by atoms with Crippen LogP contribution in [0.1, 0.15) is 20.7 Å². The molecule has 0 bridgehead atoms. The Labute approximate surface area is 178 Å². The molecular formula is C21H14Br2O5. The van der Waals surface area contributed by atoms with Crippen molar-refractivity contribution < 1.29 is 23.8 Å². The molecule has 28 heavy (non-hydrogen) atoms. The van der Waals surface area contributed by atoms with Gasteiger partial charge < -0.3 is 14.2 Å². The molecule has 0 aromatic heterocycles. The number of rotatable bonds is 5. The molecule has 3 aromatic rings. The van der Waals surface area contributed by atoms with E-state index in [0.29, 0.717) is 17.2 Å². The number of ether oxygens (including phenoxy) is 3. The molecule has 0 heterocycles. The molecule has 0 saturated carbocycles. The number of hydrogen-bond acceptors (Lipinski definition) is 5. The van der Waals surface area contributed by atoms with Crippen LogP contribution >= 0.6 is 31.9 Å². The predicted molar refractivity (Wildman–Crippen MR) is 111 cm³/mol. The molecule has 7 heteroatoms. The highest BCUT2D eigenvalue weighted by atomic mass is 79.9. The molecule has 0 fully saturated rings. The molecule has 5 nitrogen and oxygen atoms in total. The van der Waals surface area contributed by atoms with Gasteiger partial charge in [0.15, 0.2) is 0 Å². The van der Waals surface area contributed by atoms with E-state index in [-0.39, 0.29) is 11.1 Å². The number of esters is 2. The van der Waals surface area contributed by atoms with E-state index in [1.165, 1.54) is 25.3 Å². The van der Waals surface area contributed by atoms with E-state index in [0.717, 1.165) is 8.95 Å². The van der Waals surface area contributed by atoms with E-state index in [1.807, 2.05) is 0 Å². The van der Waals surface area contributed by atoms with Gasteiger partial charge in [-0.15, -0.1) is 0 Å². The maximum Gasteiger partial charge on any atom is 0.347 e. The second-order valence-electron chi connectivity index (χ2n) is 5.60. The highest BCUT2D eigenvalue weighted by molar-refractivity contribution is 9.10. The van der Waals surface area contributed by atoms with E-state index in [4.69, 9.17) is 14.2 Å². The molecule has 0 atom stereocenters. The summed E-state index contributed by atoms with van der Waals surface area (Å²) in [6.07, 6.45) is 0. The Morgan fingerprint density at radius 3 is 1.71 bits per heavy atom. The van der Waals surface area contributed by atoms with Gasteiger partial charge in [0.25, 0.3) is 0 Å². The summed E-state index contributed by atoms with van der Waals surface area (Å²) < 4.78 is 17.7. The first kappa shape index (κ1) is 20.1. The summed E-state index contributed by atoms with van der Waals surface area (Å²) >= 11 is 6.64. The van der Waals surface area contributed by atoms with Crippen LogP contribution in [0.25, 0.3) is 0 Å². The molecule has 142 valence electrons.